The molecular weight excluding hydrogens is 536 g/mol. The summed E-state index contributed by atoms with van der Waals surface area (Å²) in [6.45, 7) is 0. The lowest BCUT2D eigenvalue weighted by Gasteiger charge is -2.18. The first kappa shape index (κ1) is 12.8. The Morgan fingerprint density at radius 1 is 0.432 bits per heavy atom. The number of benzene rings is 8. The van der Waals surface area contributed by atoms with Crippen molar-refractivity contribution in [2.75, 3.05) is 0 Å². The van der Waals surface area contributed by atoms with Crippen molar-refractivity contribution in [3.63, 3.8) is 0 Å². The van der Waals surface area contributed by atoms with E-state index in [0.717, 1.165) is 10.8 Å². The monoisotopic (exact) mass is 577 g/mol. The molecule has 0 amide bonds. The molecule has 2 heterocycles. The average Bonchev–Trinajstić information content (AvgIpc) is 3.86. The molecule has 0 saturated heterocycles. The zero-order valence-electron chi connectivity index (χ0n) is 39.4. The van der Waals surface area contributed by atoms with Crippen LogP contribution in [0.1, 0.15) is 23.3 Å². The van der Waals surface area contributed by atoms with Gasteiger partial charge in [0.1, 0.15) is 22.3 Å². The quantitative estimate of drug-likeness (QED) is 0.191. The van der Waals surface area contributed by atoms with Gasteiger partial charge < -0.3 is 8.83 Å². The fourth-order valence-corrected chi connectivity index (χ4v) is 6.13. The van der Waals surface area contributed by atoms with Crippen molar-refractivity contribution in [1.29, 1.82) is 0 Å². The Bertz CT molecular complexity index is 3660. The Balaban J connectivity index is 1.52. The third kappa shape index (κ3) is 3.25. The van der Waals surface area contributed by atoms with E-state index in [4.69, 9.17) is 22.5 Å². The van der Waals surface area contributed by atoms with Crippen LogP contribution in [0, 0.1) is 0 Å². The molecule has 2 nitrogen and oxygen atoms in total. The number of hydrogen-bond acceptors (Lipinski definition) is 2. The summed E-state index contributed by atoms with van der Waals surface area (Å²) in [7, 11) is 0. The molecule has 0 saturated carbocycles. The number of fused-ring (bicyclic) bond motifs is 9. The molecule has 2 aromatic heterocycles. The SMILES string of the molecule is [2H]c1c([2H])c([2H])c2c(oc3c([2H])c4c(oc5c([2H])c([2H])c([2H])c(-c6c7c([2H])c([2H])c([2H])c([2H])c7c(-c7ccc8ccccc8c7)c7c([2H])c([2H])c([2H])c([2H])c67)c54)c([2H])c32)c1[2H]. The Labute approximate surface area is 276 Å². The zero-order chi connectivity index (χ0) is 43.6. The standard InChI is InChI=1S/C42H24O2/c1-2-11-26-22-27(21-20-25(26)10-1)40-29-13-3-5-15-31(29)41(32-16-6-4-14-30(32)40)33-17-9-19-37-42(33)35-24-38-34(23-39(35)44-37)28-12-7-8-18-36(28)43-38/h1-24H/i3D,4D,5D,6D,7D,8D,9D,12D,13D,14D,15D,16D,17D,18D,19D,23D,24D. The molecule has 0 aliphatic heterocycles. The molecule has 0 spiro atoms. The minimum absolute atomic E-state index is 0.0417. The third-order valence-corrected chi connectivity index (χ3v) is 8.00. The summed E-state index contributed by atoms with van der Waals surface area (Å²) in [6, 6.07) is 1.73. The van der Waals surface area contributed by atoms with Gasteiger partial charge in [0.25, 0.3) is 0 Å². The molecule has 0 atom stereocenters. The first-order valence-corrected chi connectivity index (χ1v) is 13.6. The maximum Gasteiger partial charge on any atom is 0.136 e. The molecule has 2 heteroatoms. The van der Waals surface area contributed by atoms with E-state index in [2.05, 4.69) is 0 Å². The lowest BCUT2D eigenvalue weighted by Crippen LogP contribution is -1.91. The summed E-state index contributed by atoms with van der Waals surface area (Å²) in [4.78, 5) is 0. The molecule has 0 fully saturated rings. The fraction of sp³-hybridized carbons (Fsp3) is 0. The van der Waals surface area contributed by atoms with Crippen molar-refractivity contribution in [2.24, 2.45) is 0 Å². The van der Waals surface area contributed by atoms with Gasteiger partial charge in [0.15, 0.2) is 0 Å². The maximum absolute atomic E-state index is 9.51. The topological polar surface area (TPSA) is 26.3 Å². The Kier molecular flexibility index (Phi) is 2.56. The van der Waals surface area contributed by atoms with Crippen LogP contribution in [0.2, 0.25) is 0 Å². The molecule has 44 heavy (non-hydrogen) atoms. The lowest BCUT2D eigenvalue weighted by molar-refractivity contribution is 0.664. The van der Waals surface area contributed by atoms with E-state index in [9.17, 15) is 9.60 Å². The van der Waals surface area contributed by atoms with E-state index in [0.29, 0.717) is 5.56 Å². The van der Waals surface area contributed by atoms with E-state index >= 15 is 0 Å². The molecule has 0 aliphatic rings. The number of hydrogen-bond donors (Lipinski definition) is 0. The summed E-state index contributed by atoms with van der Waals surface area (Å²) in [5.41, 5.74) is -1.89. The number of para-hydroxylation sites is 1. The first-order chi connectivity index (χ1) is 28.9. The molecule has 0 bridgehead atoms. The van der Waals surface area contributed by atoms with Gasteiger partial charge in [0.05, 0.1) is 23.3 Å². The van der Waals surface area contributed by atoms with E-state index < -0.39 is 119 Å². The van der Waals surface area contributed by atoms with Gasteiger partial charge in [-0.15, -0.1) is 0 Å². The maximum atomic E-state index is 9.51. The smallest absolute Gasteiger partial charge is 0.136 e. The number of furan rings is 2. The van der Waals surface area contributed by atoms with Crippen LogP contribution in [0.3, 0.4) is 0 Å². The summed E-state index contributed by atoms with van der Waals surface area (Å²) in [6.07, 6.45) is 0. The molecule has 10 aromatic rings. The largest absolute Gasteiger partial charge is 0.456 e. The van der Waals surface area contributed by atoms with E-state index in [1.54, 1.807) is 24.3 Å². The van der Waals surface area contributed by atoms with Crippen molar-refractivity contribution >= 4 is 76.2 Å². The molecule has 8 aromatic carbocycles. The van der Waals surface area contributed by atoms with Crippen LogP contribution >= 0.6 is 0 Å². The van der Waals surface area contributed by atoms with Crippen LogP contribution < -0.4 is 0 Å². The Morgan fingerprint density at radius 3 is 1.80 bits per heavy atom. The molecule has 10 rings (SSSR count). The van der Waals surface area contributed by atoms with Gasteiger partial charge in [-0.1, -0.05) is 115 Å². The van der Waals surface area contributed by atoms with E-state index in [1.165, 1.54) is 0 Å². The van der Waals surface area contributed by atoms with Crippen LogP contribution in [0.15, 0.2) is 154 Å². The van der Waals surface area contributed by atoms with Crippen molar-refractivity contribution in [3.8, 4) is 22.3 Å². The Morgan fingerprint density at radius 2 is 1.02 bits per heavy atom. The molecule has 0 radical (unpaired) electrons. The van der Waals surface area contributed by atoms with Gasteiger partial charge in [-0.3, -0.25) is 0 Å². The van der Waals surface area contributed by atoms with Gasteiger partial charge in [-0.05, 0) is 84.8 Å². The summed E-state index contributed by atoms with van der Waals surface area (Å²) >= 11 is 0. The highest BCUT2D eigenvalue weighted by Gasteiger charge is 2.21. The van der Waals surface area contributed by atoms with Crippen LogP contribution in [-0.2, 0) is 0 Å². The van der Waals surface area contributed by atoms with Crippen LogP contribution in [0.5, 0.6) is 0 Å². The van der Waals surface area contributed by atoms with Crippen molar-refractivity contribution in [2.45, 2.75) is 0 Å². The van der Waals surface area contributed by atoms with Gasteiger partial charge in [0, 0.05) is 21.5 Å². The summed E-state index contributed by atoms with van der Waals surface area (Å²) in [5.74, 6) is 0. The van der Waals surface area contributed by atoms with Crippen LogP contribution in [-0.4, -0.2) is 0 Å². The van der Waals surface area contributed by atoms with Gasteiger partial charge in [0.2, 0.25) is 0 Å². The highest BCUT2D eigenvalue weighted by molar-refractivity contribution is 6.26. The third-order valence-electron chi connectivity index (χ3n) is 8.00. The second-order valence-electron chi connectivity index (χ2n) is 10.3. The summed E-state index contributed by atoms with van der Waals surface area (Å²) < 4.78 is 165. The normalized spacial score (nSPS) is 17.5. The minimum atomic E-state index is -0.746. The molecular formula is C42H24O2. The van der Waals surface area contributed by atoms with Crippen molar-refractivity contribution in [1.82, 2.24) is 0 Å². The molecule has 204 valence electrons. The second-order valence-corrected chi connectivity index (χ2v) is 10.3. The minimum Gasteiger partial charge on any atom is -0.456 e. The zero-order valence-corrected chi connectivity index (χ0v) is 22.4. The predicted octanol–water partition coefficient (Wildman–Crippen LogP) is 12.3. The van der Waals surface area contributed by atoms with Crippen molar-refractivity contribution in [3.05, 3.63) is 145 Å². The van der Waals surface area contributed by atoms with Gasteiger partial charge >= 0.3 is 0 Å². The van der Waals surface area contributed by atoms with Crippen LogP contribution in [0.4, 0.5) is 0 Å². The lowest BCUT2D eigenvalue weighted by atomic mass is 9.84. The van der Waals surface area contributed by atoms with Gasteiger partial charge in [-0.2, -0.15) is 0 Å². The highest BCUT2D eigenvalue weighted by Crippen LogP contribution is 2.47. The second kappa shape index (κ2) is 8.82. The van der Waals surface area contributed by atoms with Crippen molar-refractivity contribution < 1.29 is 32.1 Å². The summed E-state index contributed by atoms with van der Waals surface area (Å²) in [5, 5.41) is -0.358. The fourth-order valence-electron chi connectivity index (χ4n) is 6.13. The predicted molar refractivity (Wildman–Crippen MR) is 184 cm³/mol. The highest BCUT2D eigenvalue weighted by atomic mass is 16.3. The average molecular weight is 578 g/mol. The molecule has 0 aliphatic carbocycles. The van der Waals surface area contributed by atoms with E-state index in [-0.39, 0.29) is 65.4 Å². The number of rotatable bonds is 2. The van der Waals surface area contributed by atoms with Crippen LogP contribution in [0.25, 0.3) is 98.4 Å². The van der Waals surface area contributed by atoms with Gasteiger partial charge in [-0.25, -0.2) is 0 Å². The molecule has 0 N–H and O–H groups in total. The molecule has 0 unspecified atom stereocenters. The van der Waals surface area contributed by atoms with E-state index in [1.807, 2.05) is 18.2 Å². The first-order valence-electron chi connectivity index (χ1n) is 22.1. The Hall–Kier alpha value is -5.86.